The monoisotopic (exact) mass is 317 g/mol. The molecule has 2 atom stereocenters. The molecule has 0 aliphatic carbocycles. The van der Waals surface area contributed by atoms with Crippen LogP contribution < -0.4 is 5.32 Å². The standard InChI is InChI=1S/C14H21BrFNO/c1-10(9-18-3)6-13(17-2)8-11-7-12(16)4-5-14(11)15/h4-5,7,10,13,17H,6,8-9H2,1-3H3. The average molecular weight is 318 g/mol. The van der Waals surface area contributed by atoms with Crippen molar-refractivity contribution >= 4 is 15.9 Å². The van der Waals surface area contributed by atoms with Crippen LogP contribution in [0.5, 0.6) is 0 Å². The number of likely N-dealkylation sites (N-methyl/N-ethyl adjacent to an activating group) is 1. The van der Waals surface area contributed by atoms with E-state index < -0.39 is 0 Å². The van der Waals surface area contributed by atoms with Gasteiger partial charge in [0, 0.05) is 24.2 Å². The quantitative estimate of drug-likeness (QED) is 0.832. The van der Waals surface area contributed by atoms with E-state index in [1.54, 1.807) is 19.2 Å². The van der Waals surface area contributed by atoms with E-state index in [1.807, 2.05) is 7.05 Å². The van der Waals surface area contributed by atoms with Gasteiger partial charge in [0.05, 0.1) is 0 Å². The Labute approximate surface area is 117 Å². The third-order valence-electron chi connectivity index (χ3n) is 3.02. The number of nitrogens with one attached hydrogen (secondary N) is 1. The molecule has 2 unspecified atom stereocenters. The molecule has 1 N–H and O–H groups in total. The molecule has 1 aromatic rings. The SMILES string of the molecule is CNC(Cc1cc(F)ccc1Br)CC(C)COC. The minimum atomic E-state index is -0.187. The van der Waals surface area contributed by atoms with Crippen LogP contribution in [0.2, 0.25) is 0 Å². The zero-order valence-electron chi connectivity index (χ0n) is 11.2. The third-order valence-corrected chi connectivity index (χ3v) is 3.79. The van der Waals surface area contributed by atoms with E-state index >= 15 is 0 Å². The number of benzene rings is 1. The summed E-state index contributed by atoms with van der Waals surface area (Å²) in [5.74, 6) is 0.299. The van der Waals surface area contributed by atoms with Crippen LogP contribution in [0.3, 0.4) is 0 Å². The fourth-order valence-electron chi connectivity index (χ4n) is 2.11. The molecule has 0 radical (unpaired) electrons. The van der Waals surface area contributed by atoms with Gasteiger partial charge in [0.25, 0.3) is 0 Å². The molecule has 102 valence electrons. The topological polar surface area (TPSA) is 21.3 Å². The van der Waals surface area contributed by atoms with Gasteiger partial charge < -0.3 is 10.1 Å². The molecular formula is C14H21BrFNO. The molecule has 0 bridgehead atoms. The van der Waals surface area contributed by atoms with E-state index in [2.05, 4.69) is 28.2 Å². The number of rotatable bonds is 7. The maximum Gasteiger partial charge on any atom is 0.123 e. The Morgan fingerprint density at radius 3 is 2.78 bits per heavy atom. The lowest BCUT2D eigenvalue weighted by Crippen LogP contribution is -2.30. The van der Waals surface area contributed by atoms with Crippen LogP contribution in [0.15, 0.2) is 22.7 Å². The molecule has 0 aliphatic rings. The summed E-state index contributed by atoms with van der Waals surface area (Å²) in [5, 5.41) is 3.29. The highest BCUT2D eigenvalue weighted by molar-refractivity contribution is 9.10. The van der Waals surface area contributed by atoms with Gasteiger partial charge in [0.15, 0.2) is 0 Å². The van der Waals surface area contributed by atoms with Crippen LogP contribution in [0.4, 0.5) is 4.39 Å². The molecular weight excluding hydrogens is 297 g/mol. The summed E-state index contributed by atoms with van der Waals surface area (Å²) in [5.41, 5.74) is 0.999. The molecule has 18 heavy (non-hydrogen) atoms. The van der Waals surface area contributed by atoms with Crippen molar-refractivity contribution in [2.24, 2.45) is 5.92 Å². The summed E-state index contributed by atoms with van der Waals surface area (Å²) in [4.78, 5) is 0. The van der Waals surface area contributed by atoms with Gasteiger partial charge in [-0.3, -0.25) is 0 Å². The molecule has 0 spiro atoms. The second-order valence-corrected chi connectivity index (χ2v) is 5.58. The number of hydrogen-bond donors (Lipinski definition) is 1. The summed E-state index contributed by atoms with van der Waals surface area (Å²) in [6.45, 7) is 2.91. The number of ether oxygens (including phenoxy) is 1. The predicted molar refractivity (Wildman–Crippen MR) is 76.3 cm³/mol. The smallest absolute Gasteiger partial charge is 0.123 e. The second-order valence-electron chi connectivity index (χ2n) is 4.72. The zero-order chi connectivity index (χ0) is 13.5. The Balaban J connectivity index is 2.64. The lowest BCUT2D eigenvalue weighted by molar-refractivity contribution is 0.150. The van der Waals surface area contributed by atoms with Crippen molar-refractivity contribution in [1.29, 1.82) is 0 Å². The van der Waals surface area contributed by atoms with Crippen molar-refractivity contribution in [3.63, 3.8) is 0 Å². The van der Waals surface area contributed by atoms with Crippen LogP contribution >= 0.6 is 15.9 Å². The molecule has 0 aromatic heterocycles. The van der Waals surface area contributed by atoms with Crippen LogP contribution in [0.25, 0.3) is 0 Å². The molecule has 0 heterocycles. The molecule has 2 nitrogen and oxygen atoms in total. The van der Waals surface area contributed by atoms with E-state index in [4.69, 9.17) is 4.74 Å². The summed E-state index contributed by atoms with van der Waals surface area (Å²) in [6, 6.07) is 5.15. The van der Waals surface area contributed by atoms with Crippen LogP contribution in [0.1, 0.15) is 18.9 Å². The Kier molecular flexibility index (Phi) is 6.82. The summed E-state index contributed by atoms with van der Waals surface area (Å²) < 4.78 is 19.3. The van der Waals surface area contributed by atoms with Gasteiger partial charge in [-0.15, -0.1) is 0 Å². The van der Waals surface area contributed by atoms with Crippen molar-refractivity contribution in [3.05, 3.63) is 34.1 Å². The van der Waals surface area contributed by atoms with Gasteiger partial charge in [-0.05, 0) is 49.6 Å². The lowest BCUT2D eigenvalue weighted by Gasteiger charge is -2.21. The maximum absolute atomic E-state index is 13.2. The Morgan fingerprint density at radius 2 is 2.17 bits per heavy atom. The van der Waals surface area contributed by atoms with Gasteiger partial charge in [-0.1, -0.05) is 22.9 Å². The normalized spacial score (nSPS) is 14.5. The highest BCUT2D eigenvalue weighted by Gasteiger charge is 2.14. The summed E-state index contributed by atoms with van der Waals surface area (Å²) in [7, 11) is 3.66. The van der Waals surface area contributed by atoms with E-state index in [9.17, 15) is 4.39 Å². The number of methoxy groups -OCH3 is 1. The molecule has 4 heteroatoms. The fourth-order valence-corrected chi connectivity index (χ4v) is 2.52. The van der Waals surface area contributed by atoms with Gasteiger partial charge in [-0.2, -0.15) is 0 Å². The fraction of sp³-hybridized carbons (Fsp3) is 0.571. The highest BCUT2D eigenvalue weighted by atomic mass is 79.9. The molecule has 0 saturated carbocycles. The van der Waals surface area contributed by atoms with E-state index in [-0.39, 0.29) is 5.82 Å². The number of hydrogen-bond acceptors (Lipinski definition) is 2. The summed E-state index contributed by atoms with van der Waals surface area (Å²) >= 11 is 3.47. The molecule has 0 saturated heterocycles. The molecule has 0 amide bonds. The van der Waals surface area contributed by atoms with Crippen molar-refractivity contribution in [2.75, 3.05) is 20.8 Å². The first-order chi connectivity index (χ1) is 8.56. The number of halogens is 2. The van der Waals surface area contributed by atoms with E-state index in [1.165, 1.54) is 6.07 Å². The van der Waals surface area contributed by atoms with Crippen molar-refractivity contribution in [2.45, 2.75) is 25.8 Å². The summed E-state index contributed by atoms with van der Waals surface area (Å²) in [6.07, 6.45) is 1.82. The van der Waals surface area contributed by atoms with Crippen LogP contribution in [0, 0.1) is 11.7 Å². The average Bonchev–Trinajstić information content (AvgIpc) is 2.33. The van der Waals surface area contributed by atoms with Crippen molar-refractivity contribution < 1.29 is 9.13 Å². The highest BCUT2D eigenvalue weighted by Crippen LogP contribution is 2.21. The molecule has 1 rings (SSSR count). The van der Waals surface area contributed by atoms with E-state index in [0.717, 1.165) is 29.5 Å². The minimum Gasteiger partial charge on any atom is -0.384 e. The van der Waals surface area contributed by atoms with Crippen molar-refractivity contribution in [1.82, 2.24) is 5.32 Å². The van der Waals surface area contributed by atoms with E-state index in [0.29, 0.717) is 12.0 Å². The Bertz CT molecular complexity index is 373. The predicted octanol–water partition coefficient (Wildman–Crippen LogP) is 3.39. The first-order valence-corrected chi connectivity index (χ1v) is 6.96. The largest absolute Gasteiger partial charge is 0.384 e. The van der Waals surface area contributed by atoms with Gasteiger partial charge >= 0.3 is 0 Å². The first kappa shape index (κ1) is 15.6. The Morgan fingerprint density at radius 1 is 1.44 bits per heavy atom. The molecule has 0 fully saturated rings. The second kappa shape index (κ2) is 7.87. The van der Waals surface area contributed by atoms with Crippen LogP contribution in [-0.4, -0.2) is 26.8 Å². The van der Waals surface area contributed by atoms with Crippen molar-refractivity contribution in [3.8, 4) is 0 Å². The van der Waals surface area contributed by atoms with Crippen LogP contribution in [-0.2, 0) is 11.2 Å². The van der Waals surface area contributed by atoms with Gasteiger partial charge in [0.1, 0.15) is 5.82 Å². The first-order valence-electron chi connectivity index (χ1n) is 6.17. The van der Waals surface area contributed by atoms with Gasteiger partial charge in [-0.25, -0.2) is 4.39 Å². The van der Waals surface area contributed by atoms with Gasteiger partial charge in [0.2, 0.25) is 0 Å². The maximum atomic E-state index is 13.2. The Hall–Kier alpha value is -0.450. The molecule has 1 aromatic carbocycles. The lowest BCUT2D eigenvalue weighted by atomic mass is 9.96. The third kappa shape index (κ3) is 5.04. The zero-order valence-corrected chi connectivity index (χ0v) is 12.8. The molecule has 0 aliphatic heterocycles. The minimum absolute atomic E-state index is 0.187.